The van der Waals surface area contributed by atoms with Gasteiger partial charge in [-0.05, 0) is 18.2 Å². The summed E-state index contributed by atoms with van der Waals surface area (Å²) in [5.74, 6) is -0.506. The van der Waals surface area contributed by atoms with E-state index in [9.17, 15) is 9.18 Å². The third kappa shape index (κ3) is 2.05. The normalized spacial score (nSPS) is 9.94. The van der Waals surface area contributed by atoms with E-state index in [-0.39, 0.29) is 16.1 Å². The molecule has 0 spiro atoms. The van der Waals surface area contributed by atoms with Gasteiger partial charge in [-0.25, -0.2) is 4.39 Å². The van der Waals surface area contributed by atoms with Crippen molar-refractivity contribution in [2.75, 3.05) is 0 Å². The molecule has 0 radical (unpaired) electrons. The van der Waals surface area contributed by atoms with Gasteiger partial charge in [-0.3, -0.25) is 4.79 Å². The minimum Gasteiger partial charge on any atom is -0.327 e. The molecule has 0 saturated carbocycles. The Balaban J connectivity index is 2.70. The molecule has 0 aliphatic rings. The third-order valence-corrected chi connectivity index (χ3v) is 2.59. The molecular formula is C12H6ClFN2O. The highest BCUT2D eigenvalue weighted by atomic mass is 35.5. The smallest absolute Gasteiger partial charge is 0.265 e. The molecule has 17 heavy (non-hydrogen) atoms. The third-order valence-electron chi connectivity index (χ3n) is 2.28. The van der Waals surface area contributed by atoms with Gasteiger partial charge in [-0.1, -0.05) is 17.7 Å². The molecule has 0 saturated heterocycles. The first-order chi connectivity index (χ1) is 8.13. The van der Waals surface area contributed by atoms with Crippen molar-refractivity contribution in [2.24, 2.45) is 0 Å². The molecule has 84 valence electrons. The zero-order chi connectivity index (χ0) is 12.4. The van der Waals surface area contributed by atoms with Crippen LogP contribution in [-0.4, -0.2) is 4.98 Å². The van der Waals surface area contributed by atoms with Crippen LogP contribution >= 0.6 is 11.6 Å². The Morgan fingerprint density at radius 2 is 2.18 bits per heavy atom. The molecule has 1 N–H and O–H groups in total. The molecule has 1 heterocycles. The minimum atomic E-state index is -0.510. The first-order valence-electron chi connectivity index (χ1n) is 4.70. The lowest BCUT2D eigenvalue weighted by Gasteiger charge is -2.05. The molecule has 0 unspecified atom stereocenters. The number of nitrogens with one attached hydrogen (secondary N) is 1. The van der Waals surface area contributed by atoms with Crippen LogP contribution in [0.4, 0.5) is 4.39 Å². The molecule has 0 bridgehead atoms. The molecule has 0 amide bonds. The molecule has 0 fully saturated rings. The number of benzene rings is 1. The van der Waals surface area contributed by atoms with Gasteiger partial charge in [0.2, 0.25) is 0 Å². The fourth-order valence-electron chi connectivity index (χ4n) is 1.48. The van der Waals surface area contributed by atoms with E-state index in [1.54, 1.807) is 6.07 Å². The lowest BCUT2D eigenvalue weighted by atomic mass is 10.1. The quantitative estimate of drug-likeness (QED) is 0.844. The maximum absolute atomic E-state index is 13.6. The zero-order valence-corrected chi connectivity index (χ0v) is 9.25. The predicted molar refractivity (Wildman–Crippen MR) is 62.2 cm³/mol. The van der Waals surface area contributed by atoms with Crippen molar-refractivity contribution in [3.63, 3.8) is 0 Å². The highest BCUT2D eigenvalue weighted by Crippen LogP contribution is 2.29. The van der Waals surface area contributed by atoms with Crippen molar-refractivity contribution in [3.8, 4) is 17.2 Å². The second-order valence-electron chi connectivity index (χ2n) is 3.34. The number of H-pyrrole nitrogens is 1. The molecule has 0 aliphatic heterocycles. The number of halogens is 2. The van der Waals surface area contributed by atoms with Crippen LogP contribution in [-0.2, 0) is 0 Å². The van der Waals surface area contributed by atoms with Gasteiger partial charge in [-0.2, -0.15) is 5.26 Å². The van der Waals surface area contributed by atoms with Crippen LogP contribution in [0.25, 0.3) is 11.1 Å². The Bertz CT molecular complexity index is 653. The van der Waals surface area contributed by atoms with Crippen LogP contribution in [0, 0.1) is 17.1 Å². The molecule has 0 atom stereocenters. The Morgan fingerprint density at radius 1 is 1.41 bits per heavy atom. The lowest BCUT2D eigenvalue weighted by Crippen LogP contribution is -2.09. The first kappa shape index (κ1) is 11.4. The van der Waals surface area contributed by atoms with Crippen LogP contribution in [0.15, 0.2) is 35.3 Å². The number of hydrogen-bond acceptors (Lipinski definition) is 2. The summed E-state index contributed by atoms with van der Waals surface area (Å²) in [5.41, 5.74) is -0.0586. The van der Waals surface area contributed by atoms with Crippen molar-refractivity contribution in [2.45, 2.75) is 0 Å². The van der Waals surface area contributed by atoms with Crippen molar-refractivity contribution < 1.29 is 4.39 Å². The fraction of sp³-hybridized carbons (Fsp3) is 0. The van der Waals surface area contributed by atoms with Gasteiger partial charge >= 0.3 is 0 Å². The first-order valence-corrected chi connectivity index (χ1v) is 5.08. The number of aromatic nitrogens is 1. The Labute approximate surface area is 101 Å². The maximum Gasteiger partial charge on any atom is 0.265 e. The van der Waals surface area contributed by atoms with Crippen molar-refractivity contribution in [3.05, 3.63) is 57.2 Å². The van der Waals surface area contributed by atoms with Crippen LogP contribution < -0.4 is 5.56 Å². The van der Waals surface area contributed by atoms with Crippen LogP contribution in [0.1, 0.15) is 5.56 Å². The Hall–Kier alpha value is -2.12. The maximum atomic E-state index is 13.6. The van der Waals surface area contributed by atoms with E-state index in [1.807, 2.05) is 0 Å². The molecule has 5 heteroatoms. The summed E-state index contributed by atoms with van der Waals surface area (Å²) in [6, 6.07) is 7.33. The molecule has 1 aromatic heterocycles. The van der Waals surface area contributed by atoms with E-state index in [1.165, 1.54) is 30.5 Å². The summed E-state index contributed by atoms with van der Waals surface area (Å²) in [7, 11) is 0. The van der Waals surface area contributed by atoms with Crippen molar-refractivity contribution >= 4 is 11.6 Å². The zero-order valence-electron chi connectivity index (χ0n) is 8.50. The summed E-state index contributed by atoms with van der Waals surface area (Å²) in [6.45, 7) is 0. The molecule has 0 aliphatic carbocycles. The monoisotopic (exact) mass is 248 g/mol. The highest BCUT2D eigenvalue weighted by molar-refractivity contribution is 6.33. The standard InChI is InChI=1S/C12H6ClFN2O/c13-9-2-1-3-10(14)11(9)8-4-7(5-15)12(17)16-6-8/h1-4,6H,(H,16,17). The summed E-state index contributed by atoms with van der Waals surface area (Å²) >= 11 is 5.88. The van der Waals surface area contributed by atoms with Gasteiger partial charge in [-0.15, -0.1) is 0 Å². The van der Waals surface area contributed by atoms with Crippen molar-refractivity contribution in [1.82, 2.24) is 4.98 Å². The van der Waals surface area contributed by atoms with Gasteiger partial charge in [0.25, 0.3) is 5.56 Å². The summed E-state index contributed by atoms with van der Waals surface area (Å²) < 4.78 is 13.6. The van der Waals surface area contributed by atoms with Gasteiger partial charge in [0, 0.05) is 17.3 Å². The Kier molecular flexibility index (Phi) is 2.94. The molecular weight excluding hydrogens is 243 g/mol. The predicted octanol–water partition coefficient (Wildman–Crippen LogP) is 2.71. The minimum absolute atomic E-state index is 0.0816. The fourth-order valence-corrected chi connectivity index (χ4v) is 1.76. The summed E-state index contributed by atoms with van der Waals surface area (Å²) in [6.07, 6.45) is 1.33. The van der Waals surface area contributed by atoms with Crippen LogP contribution in [0.3, 0.4) is 0 Å². The number of nitrogens with zero attached hydrogens (tertiary/aromatic N) is 1. The van der Waals surface area contributed by atoms with Gasteiger partial charge in [0.15, 0.2) is 0 Å². The van der Waals surface area contributed by atoms with E-state index in [4.69, 9.17) is 16.9 Å². The number of hydrogen-bond donors (Lipinski definition) is 1. The second kappa shape index (κ2) is 4.40. The summed E-state index contributed by atoms with van der Waals surface area (Å²) in [5, 5.41) is 8.95. The largest absolute Gasteiger partial charge is 0.327 e. The van der Waals surface area contributed by atoms with Crippen molar-refractivity contribution in [1.29, 1.82) is 5.26 Å². The second-order valence-corrected chi connectivity index (χ2v) is 3.75. The molecule has 3 nitrogen and oxygen atoms in total. The average molecular weight is 249 g/mol. The molecule has 1 aromatic carbocycles. The lowest BCUT2D eigenvalue weighted by molar-refractivity contribution is 0.631. The SMILES string of the molecule is N#Cc1cc(-c2c(F)cccc2Cl)c[nH]c1=O. The van der Waals surface area contributed by atoms with Crippen LogP contribution in [0.2, 0.25) is 5.02 Å². The Morgan fingerprint density at radius 3 is 2.82 bits per heavy atom. The van der Waals surface area contributed by atoms with Gasteiger partial charge in [0.05, 0.1) is 5.02 Å². The van der Waals surface area contributed by atoms with E-state index >= 15 is 0 Å². The molecule has 2 rings (SSSR count). The van der Waals surface area contributed by atoms with E-state index in [0.717, 1.165) is 0 Å². The number of aromatic amines is 1. The van der Waals surface area contributed by atoms with E-state index in [0.29, 0.717) is 5.56 Å². The molecule has 2 aromatic rings. The van der Waals surface area contributed by atoms with Gasteiger partial charge in [0.1, 0.15) is 17.4 Å². The summed E-state index contributed by atoms with van der Waals surface area (Å²) in [4.78, 5) is 13.6. The number of pyridine rings is 1. The number of rotatable bonds is 1. The number of nitriles is 1. The van der Waals surface area contributed by atoms with E-state index in [2.05, 4.69) is 4.98 Å². The van der Waals surface area contributed by atoms with Gasteiger partial charge < -0.3 is 4.98 Å². The topological polar surface area (TPSA) is 56.6 Å². The van der Waals surface area contributed by atoms with Crippen LogP contribution in [0.5, 0.6) is 0 Å². The highest BCUT2D eigenvalue weighted by Gasteiger charge is 2.11. The average Bonchev–Trinajstić information content (AvgIpc) is 2.31. The van der Waals surface area contributed by atoms with E-state index < -0.39 is 11.4 Å².